The average molecular weight is 165 g/mol. The van der Waals surface area contributed by atoms with Crippen molar-refractivity contribution < 1.29 is 25.2 Å². The number of hydrogen-bond donors (Lipinski definition) is 4. The minimum Gasteiger partial charge on any atom is -0.388 e. The van der Waals surface area contributed by atoms with Crippen LogP contribution in [0.1, 0.15) is 6.92 Å². The molecule has 1 fully saturated rings. The van der Waals surface area contributed by atoms with Crippen molar-refractivity contribution in [1.82, 2.24) is 0 Å². The molecule has 1 rings (SSSR count). The normalized spacial score (nSPS) is 52.6. The molecule has 0 radical (unpaired) electrons. The smallest absolute Gasteiger partial charge is 0.183 e. The third kappa shape index (κ3) is 1.52. The zero-order valence-electron chi connectivity index (χ0n) is 6.08. The van der Waals surface area contributed by atoms with Gasteiger partial charge in [0.05, 0.1) is 6.10 Å². The molecule has 0 bridgehead atoms. The average Bonchev–Trinajstić information content (AvgIpc) is 1.97. The van der Waals surface area contributed by atoms with E-state index in [1.54, 1.807) is 0 Å². The van der Waals surface area contributed by atoms with Crippen molar-refractivity contribution in [3.05, 3.63) is 0 Å². The standard InChI is InChI=1S/C6H12O5/c1-2-3(7)4(8)5(9)6(10)11-2/h2-10H,1H3/t2-,3+,4+,5-,6?/m0/s1/i4+1. The van der Waals surface area contributed by atoms with Gasteiger partial charge in [-0.25, -0.2) is 0 Å². The minimum atomic E-state index is -1.43. The third-order valence-corrected chi connectivity index (χ3v) is 1.83. The zero-order chi connectivity index (χ0) is 8.59. The highest BCUT2D eigenvalue weighted by Crippen LogP contribution is 2.18. The Morgan fingerprint density at radius 1 is 0.909 bits per heavy atom. The van der Waals surface area contributed by atoms with E-state index in [0.29, 0.717) is 0 Å². The third-order valence-electron chi connectivity index (χ3n) is 1.83. The lowest BCUT2D eigenvalue weighted by molar-refractivity contribution is -0.277. The Balaban J connectivity index is 2.63. The van der Waals surface area contributed by atoms with Gasteiger partial charge >= 0.3 is 0 Å². The van der Waals surface area contributed by atoms with Crippen LogP contribution in [-0.4, -0.2) is 51.1 Å². The van der Waals surface area contributed by atoms with E-state index in [1.807, 2.05) is 0 Å². The highest BCUT2D eigenvalue weighted by Gasteiger charge is 2.40. The number of hydrogen-bond acceptors (Lipinski definition) is 5. The highest BCUT2D eigenvalue weighted by molar-refractivity contribution is 4.86. The van der Waals surface area contributed by atoms with Crippen LogP contribution in [0.15, 0.2) is 0 Å². The maximum atomic E-state index is 9.09. The first-order chi connectivity index (χ1) is 5.04. The summed E-state index contributed by atoms with van der Waals surface area (Å²) in [5.41, 5.74) is 0. The molecular formula is C6H12O5. The summed E-state index contributed by atoms with van der Waals surface area (Å²) in [6.45, 7) is 1.50. The lowest BCUT2D eigenvalue weighted by Crippen LogP contribution is -2.56. The SMILES string of the molecule is C[C@@H]1OC(O)[C@@H](O)[13C@H](O)[C@@H]1O. The molecule has 0 aromatic rings. The molecule has 1 heterocycles. The Labute approximate surface area is 63.8 Å². The highest BCUT2D eigenvalue weighted by atomic mass is 16.6. The first kappa shape index (κ1) is 8.89. The van der Waals surface area contributed by atoms with Gasteiger partial charge in [-0.2, -0.15) is 0 Å². The molecule has 5 atom stereocenters. The topological polar surface area (TPSA) is 90.2 Å². The first-order valence-electron chi connectivity index (χ1n) is 3.41. The molecule has 4 N–H and O–H groups in total. The van der Waals surface area contributed by atoms with Gasteiger partial charge < -0.3 is 25.2 Å². The first-order valence-corrected chi connectivity index (χ1v) is 3.41. The molecule has 0 aromatic heterocycles. The fourth-order valence-corrected chi connectivity index (χ4v) is 1.03. The van der Waals surface area contributed by atoms with Gasteiger partial charge in [-0.15, -0.1) is 0 Å². The van der Waals surface area contributed by atoms with Crippen LogP contribution in [0.3, 0.4) is 0 Å². The van der Waals surface area contributed by atoms with Gasteiger partial charge in [-0.05, 0) is 6.92 Å². The lowest BCUT2D eigenvalue weighted by atomic mass is 10.2. The van der Waals surface area contributed by atoms with E-state index in [2.05, 4.69) is 4.74 Å². The number of aliphatic hydroxyl groups excluding tert-OH is 4. The quantitative estimate of drug-likeness (QED) is 0.306. The van der Waals surface area contributed by atoms with Crippen molar-refractivity contribution in [3.8, 4) is 0 Å². The largest absolute Gasteiger partial charge is 0.388 e. The van der Waals surface area contributed by atoms with Crippen LogP contribution in [-0.2, 0) is 4.74 Å². The van der Waals surface area contributed by atoms with Gasteiger partial charge in [-0.1, -0.05) is 0 Å². The molecule has 0 aliphatic carbocycles. The van der Waals surface area contributed by atoms with E-state index in [9.17, 15) is 0 Å². The maximum Gasteiger partial charge on any atom is 0.183 e. The molecule has 1 saturated heterocycles. The predicted molar refractivity (Wildman–Crippen MR) is 34.6 cm³/mol. The molecule has 5 nitrogen and oxygen atoms in total. The molecule has 1 unspecified atom stereocenters. The van der Waals surface area contributed by atoms with Crippen LogP contribution >= 0.6 is 0 Å². The van der Waals surface area contributed by atoms with Gasteiger partial charge in [0.1, 0.15) is 18.3 Å². The minimum absolute atomic E-state index is 0.664. The van der Waals surface area contributed by atoms with Gasteiger partial charge in [0.2, 0.25) is 0 Å². The molecule has 5 heteroatoms. The van der Waals surface area contributed by atoms with E-state index in [1.165, 1.54) is 6.92 Å². The van der Waals surface area contributed by atoms with Crippen molar-refractivity contribution >= 4 is 0 Å². The second-order valence-electron chi connectivity index (χ2n) is 2.70. The van der Waals surface area contributed by atoms with Gasteiger partial charge in [0.25, 0.3) is 0 Å². The van der Waals surface area contributed by atoms with Crippen molar-refractivity contribution in [2.24, 2.45) is 0 Å². The Morgan fingerprint density at radius 2 is 1.45 bits per heavy atom. The van der Waals surface area contributed by atoms with E-state index in [4.69, 9.17) is 20.4 Å². The van der Waals surface area contributed by atoms with Crippen LogP contribution in [0.2, 0.25) is 0 Å². The van der Waals surface area contributed by atoms with E-state index < -0.39 is 30.7 Å². The van der Waals surface area contributed by atoms with Crippen molar-refractivity contribution in [2.75, 3.05) is 0 Å². The second kappa shape index (κ2) is 3.04. The van der Waals surface area contributed by atoms with E-state index in [-0.39, 0.29) is 0 Å². The molecule has 0 saturated carbocycles. The second-order valence-corrected chi connectivity index (χ2v) is 2.70. The summed E-state index contributed by atoms with van der Waals surface area (Å²) in [7, 11) is 0. The molecule has 0 spiro atoms. The Kier molecular flexibility index (Phi) is 2.46. The summed E-state index contributed by atoms with van der Waals surface area (Å²) in [5.74, 6) is 0. The maximum absolute atomic E-state index is 9.09. The fourth-order valence-electron chi connectivity index (χ4n) is 1.03. The predicted octanol–water partition coefficient (Wildman–Crippen LogP) is -2.19. The van der Waals surface area contributed by atoms with Crippen molar-refractivity contribution in [2.45, 2.75) is 37.6 Å². The van der Waals surface area contributed by atoms with Gasteiger partial charge in [0, 0.05) is 0 Å². The zero-order valence-corrected chi connectivity index (χ0v) is 6.08. The lowest BCUT2D eigenvalue weighted by Gasteiger charge is -2.36. The molecule has 1 aliphatic rings. The number of aliphatic hydroxyl groups is 4. The van der Waals surface area contributed by atoms with Crippen LogP contribution in [0.5, 0.6) is 0 Å². The summed E-state index contributed by atoms with van der Waals surface area (Å²) in [5, 5.41) is 36.0. The van der Waals surface area contributed by atoms with E-state index >= 15 is 0 Å². The Hall–Kier alpha value is -0.200. The van der Waals surface area contributed by atoms with Crippen molar-refractivity contribution in [3.63, 3.8) is 0 Å². The summed E-state index contributed by atoms with van der Waals surface area (Å²) in [6.07, 6.45) is -5.99. The summed E-state index contributed by atoms with van der Waals surface area (Å²) >= 11 is 0. The summed E-state index contributed by atoms with van der Waals surface area (Å²) < 4.78 is 4.68. The molecule has 1 aliphatic heterocycles. The van der Waals surface area contributed by atoms with Crippen LogP contribution in [0.25, 0.3) is 0 Å². The van der Waals surface area contributed by atoms with Crippen LogP contribution < -0.4 is 0 Å². The van der Waals surface area contributed by atoms with E-state index in [0.717, 1.165) is 0 Å². The van der Waals surface area contributed by atoms with Gasteiger partial charge in [-0.3, -0.25) is 0 Å². The molecule has 0 aromatic carbocycles. The summed E-state index contributed by atoms with van der Waals surface area (Å²) in [4.78, 5) is 0. The number of ether oxygens (including phenoxy) is 1. The Morgan fingerprint density at radius 3 is 2.00 bits per heavy atom. The number of rotatable bonds is 0. The van der Waals surface area contributed by atoms with Crippen LogP contribution in [0, 0.1) is 0 Å². The summed E-state index contributed by atoms with van der Waals surface area (Å²) in [6, 6.07) is 0. The molecule has 66 valence electrons. The Bertz CT molecular complexity index is 125. The monoisotopic (exact) mass is 165 g/mol. The van der Waals surface area contributed by atoms with Gasteiger partial charge in [0.15, 0.2) is 6.29 Å². The molecule has 0 amide bonds. The van der Waals surface area contributed by atoms with Crippen LogP contribution in [0.4, 0.5) is 0 Å². The van der Waals surface area contributed by atoms with Crippen molar-refractivity contribution in [1.29, 1.82) is 0 Å². The molecule has 11 heavy (non-hydrogen) atoms. The fraction of sp³-hybridized carbons (Fsp3) is 1.00. The molecular weight excluding hydrogens is 153 g/mol.